The average molecular weight is 497 g/mol. The molecule has 5 nitrogen and oxygen atoms in total. The van der Waals surface area contributed by atoms with Crippen LogP contribution in [0.25, 0.3) is 11.0 Å². The Morgan fingerprint density at radius 2 is 2.09 bits per heavy atom. The third-order valence-corrected chi connectivity index (χ3v) is 9.35. The number of aryl methyl sites for hydroxylation is 1. The van der Waals surface area contributed by atoms with Crippen molar-refractivity contribution in [2.75, 3.05) is 19.6 Å². The maximum absolute atomic E-state index is 12.5. The van der Waals surface area contributed by atoms with Crippen molar-refractivity contribution in [1.82, 2.24) is 9.80 Å². The van der Waals surface area contributed by atoms with Crippen molar-refractivity contribution in [2.45, 2.75) is 83.3 Å². The summed E-state index contributed by atoms with van der Waals surface area (Å²) >= 11 is 6.55. The molecule has 1 N–H and O–H groups in total. The monoisotopic (exact) mass is 496 g/mol. The molecule has 2 bridgehead atoms. The van der Waals surface area contributed by atoms with Gasteiger partial charge in [0, 0.05) is 36.6 Å². The lowest BCUT2D eigenvalue weighted by Gasteiger charge is -2.54. The van der Waals surface area contributed by atoms with Gasteiger partial charge in [0.15, 0.2) is 0 Å². The molecule has 3 saturated heterocycles. The van der Waals surface area contributed by atoms with Gasteiger partial charge < -0.3 is 9.52 Å². The Morgan fingerprint density at radius 1 is 1.20 bits per heavy atom. The Balaban J connectivity index is 1.37. The Hall–Kier alpha value is -1.82. The number of halogens is 1. The molecule has 0 saturated carbocycles. The fourth-order valence-electron chi connectivity index (χ4n) is 7.57. The highest BCUT2D eigenvalue weighted by Gasteiger charge is 2.46. The van der Waals surface area contributed by atoms with Crippen molar-refractivity contribution in [3.63, 3.8) is 0 Å². The third kappa shape index (κ3) is 4.24. The van der Waals surface area contributed by atoms with Crippen LogP contribution in [-0.2, 0) is 13.0 Å². The van der Waals surface area contributed by atoms with E-state index < -0.39 is 0 Å². The number of fused-ring (bicyclic) bond motifs is 7. The second-order valence-electron chi connectivity index (χ2n) is 11.2. The summed E-state index contributed by atoms with van der Waals surface area (Å²) in [7, 11) is 0. The molecule has 6 heteroatoms. The van der Waals surface area contributed by atoms with Crippen LogP contribution in [0.15, 0.2) is 33.0 Å². The lowest BCUT2D eigenvalue weighted by Crippen LogP contribution is -2.59. The summed E-state index contributed by atoms with van der Waals surface area (Å²) in [6, 6.07) is 4.50. The molecular weight excluding hydrogens is 460 g/mol. The zero-order chi connectivity index (χ0) is 24.1. The Labute approximate surface area is 212 Å². The van der Waals surface area contributed by atoms with Crippen molar-refractivity contribution in [3.8, 4) is 5.75 Å². The molecule has 35 heavy (non-hydrogen) atoms. The van der Waals surface area contributed by atoms with Gasteiger partial charge in [-0.15, -0.1) is 0 Å². The van der Waals surface area contributed by atoms with Gasteiger partial charge in [0.1, 0.15) is 11.3 Å². The van der Waals surface area contributed by atoms with E-state index in [4.69, 9.17) is 16.0 Å². The molecule has 0 radical (unpaired) electrons. The fourth-order valence-corrected chi connectivity index (χ4v) is 7.79. The highest BCUT2D eigenvalue weighted by molar-refractivity contribution is 6.33. The lowest BCUT2D eigenvalue weighted by atomic mass is 9.68. The standard InChI is InChI=1S/C29H37ClN2O3/c1-2-3-7-18-14-26(33)35-29-22(18)15-24(30)28(34)23(29)17-32-11-6-8-19-12-20-13-21(27(19)32)16-31-10-5-4-9-25(20)31/h12,14-15,20-21,25,27,34H,2-11,13,16-17H2,1H3/t20?,21?,25?,27-/m1/s1. The topological polar surface area (TPSA) is 56.9 Å². The van der Waals surface area contributed by atoms with Crippen LogP contribution in [0.1, 0.15) is 69.4 Å². The van der Waals surface area contributed by atoms with Gasteiger partial charge in [0.2, 0.25) is 0 Å². The second kappa shape index (κ2) is 9.57. The number of rotatable bonds is 5. The van der Waals surface area contributed by atoms with Gasteiger partial charge in [-0.2, -0.15) is 0 Å². The molecule has 6 rings (SSSR count). The highest BCUT2D eigenvalue weighted by atomic mass is 35.5. The zero-order valence-corrected chi connectivity index (χ0v) is 21.5. The minimum absolute atomic E-state index is 0.0551. The van der Waals surface area contributed by atoms with Gasteiger partial charge in [-0.05, 0) is 81.5 Å². The highest BCUT2D eigenvalue weighted by Crippen LogP contribution is 2.46. The van der Waals surface area contributed by atoms with E-state index in [-0.39, 0.29) is 11.4 Å². The molecule has 3 aliphatic heterocycles. The van der Waals surface area contributed by atoms with Crippen LogP contribution in [0, 0.1) is 11.8 Å². The second-order valence-corrected chi connectivity index (χ2v) is 11.6. The number of benzene rings is 1. The van der Waals surface area contributed by atoms with Gasteiger partial charge >= 0.3 is 5.63 Å². The predicted molar refractivity (Wildman–Crippen MR) is 140 cm³/mol. The minimum atomic E-state index is -0.352. The molecule has 4 atom stereocenters. The fraction of sp³-hybridized carbons (Fsp3) is 0.621. The first-order valence-electron chi connectivity index (χ1n) is 13.7. The minimum Gasteiger partial charge on any atom is -0.506 e. The number of aromatic hydroxyl groups is 1. The Morgan fingerprint density at radius 3 is 2.94 bits per heavy atom. The number of hydrogen-bond acceptors (Lipinski definition) is 5. The van der Waals surface area contributed by atoms with Crippen LogP contribution in [0.2, 0.25) is 5.02 Å². The van der Waals surface area contributed by atoms with E-state index in [0.29, 0.717) is 40.6 Å². The number of hydrogen-bond donors (Lipinski definition) is 1. The molecule has 1 aliphatic carbocycles. The summed E-state index contributed by atoms with van der Waals surface area (Å²) in [5, 5.41) is 12.3. The quantitative estimate of drug-likeness (QED) is 0.413. The summed E-state index contributed by atoms with van der Waals surface area (Å²) in [6.07, 6.45) is 13.1. The molecule has 3 unspecified atom stereocenters. The lowest BCUT2D eigenvalue weighted by molar-refractivity contribution is -0.00274. The van der Waals surface area contributed by atoms with E-state index in [2.05, 4.69) is 22.8 Å². The van der Waals surface area contributed by atoms with Crippen LogP contribution < -0.4 is 5.63 Å². The summed E-state index contributed by atoms with van der Waals surface area (Å²) < 4.78 is 5.76. The van der Waals surface area contributed by atoms with Gasteiger partial charge in [0.05, 0.1) is 10.6 Å². The van der Waals surface area contributed by atoms with E-state index in [9.17, 15) is 9.90 Å². The maximum Gasteiger partial charge on any atom is 0.336 e. The molecule has 3 fully saturated rings. The number of likely N-dealkylation sites (tertiary alicyclic amines) is 1. The first kappa shape index (κ1) is 23.6. The molecule has 2 aromatic rings. The van der Waals surface area contributed by atoms with E-state index in [1.807, 2.05) is 0 Å². The largest absolute Gasteiger partial charge is 0.506 e. The van der Waals surface area contributed by atoms with Crippen LogP contribution >= 0.6 is 11.6 Å². The number of piperidine rings is 3. The third-order valence-electron chi connectivity index (χ3n) is 9.06. The molecule has 4 heterocycles. The van der Waals surface area contributed by atoms with Gasteiger partial charge in [0.25, 0.3) is 0 Å². The SMILES string of the molecule is CCCCc1cc(=O)oc2c(CN3CCCC4=CC5CC(CN6CCCCC56)[C@@H]43)c(O)c(Cl)cc12. The van der Waals surface area contributed by atoms with Gasteiger partial charge in [-0.1, -0.05) is 43.0 Å². The number of phenolic OH excluding ortho intramolecular Hbond substituents is 1. The van der Waals surface area contributed by atoms with Gasteiger partial charge in [-0.3, -0.25) is 9.80 Å². The molecule has 0 amide bonds. The normalized spacial score (nSPS) is 29.0. The average Bonchev–Trinajstić information content (AvgIpc) is 2.86. The van der Waals surface area contributed by atoms with E-state index >= 15 is 0 Å². The molecule has 1 aromatic carbocycles. The van der Waals surface area contributed by atoms with Crippen molar-refractivity contribution in [2.24, 2.45) is 11.8 Å². The zero-order valence-electron chi connectivity index (χ0n) is 20.8. The van der Waals surface area contributed by atoms with Crippen LogP contribution in [0.4, 0.5) is 0 Å². The number of phenols is 1. The molecule has 4 aliphatic rings. The molecule has 0 spiro atoms. The van der Waals surface area contributed by atoms with Crippen LogP contribution in [-0.4, -0.2) is 46.6 Å². The number of nitrogens with zero attached hydrogens (tertiary/aromatic N) is 2. The van der Waals surface area contributed by atoms with Crippen molar-refractivity contribution in [1.29, 1.82) is 0 Å². The Bertz CT molecular complexity index is 1200. The van der Waals surface area contributed by atoms with Crippen LogP contribution in [0.5, 0.6) is 5.75 Å². The maximum atomic E-state index is 12.5. The summed E-state index contributed by atoms with van der Waals surface area (Å²) in [6.45, 7) is 6.10. The van der Waals surface area contributed by atoms with E-state index in [1.165, 1.54) is 45.2 Å². The van der Waals surface area contributed by atoms with E-state index in [0.717, 1.165) is 49.2 Å². The molecular formula is C29H37ClN2O3. The molecule has 188 valence electrons. The van der Waals surface area contributed by atoms with E-state index in [1.54, 1.807) is 17.7 Å². The summed E-state index contributed by atoms with van der Waals surface area (Å²) in [5.74, 6) is 1.37. The van der Waals surface area contributed by atoms with Crippen molar-refractivity contribution >= 4 is 22.6 Å². The van der Waals surface area contributed by atoms with Crippen molar-refractivity contribution in [3.05, 3.63) is 50.4 Å². The van der Waals surface area contributed by atoms with Gasteiger partial charge in [-0.25, -0.2) is 4.79 Å². The molecule has 1 aromatic heterocycles. The summed E-state index contributed by atoms with van der Waals surface area (Å²) in [5.41, 5.74) is 3.38. The van der Waals surface area contributed by atoms with Crippen LogP contribution in [0.3, 0.4) is 0 Å². The number of unbranched alkanes of at least 4 members (excludes halogenated alkanes) is 1. The smallest absolute Gasteiger partial charge is 0.336 e. The first-order valence-corrected chi connectivity index (χ1v) is 14.1. The van der Waals surface area contributed by atoms with Crippen molar-refractivity contribution < 1.29 is 9.52 Å². The Kier molecular flexibility index (Phi) is 6.44. The first-order chi connectivity index (χ1) is 17.0. The predicted octanol–water partition coefficient (Wildman–Crippen LogP) is 5.89. The summed E-state index contributed by atoms with van der Waals surface area (Å²) in [4.78, 5) is 17.8.